The highest BCUT2D eigenvalue weighted by atomic mass is 35.5. The van der Waals surface area contributed by atoms with Crippen LogP contribution in [0, 0.1) is 11.8 Å². The third-order valence-electron chi connectivity index (χ3n) is 3.80. The number of carbonyl (C=O) groups excluding carboxylic acids is 1. The van der Waals surface area contributed by atoms with E-state index in [0.29, 0.717) is 5.92 Å². The lowest BCUT2D eigenvalue weighted by Crippen LogP contribution is -2.34. The van der Waals surface area contributed by atoms with E-state index < -0.39 is 0 Å². The van der Waals surface area contributed by atoms with Crippen molar-refractivity contribution in [3.63, 3.8) is 0 Å². The summed E-state index contributed by atoms with van der Waals surface area (Å²) in [6.07, 6.45) is 2.10. The van der Waals surface area contributed by atoms with E-state index in [1.165, 1.54) is 5.52 Å². The van der Waals surface area contributed by atoms with Gasteiger partial charge in [-0.2, -0.15) is 0 Å². The van der Waals surface area contributed by atoms with Crippen LogP contribution in [0.4, 0.5) is 5.69 Å². The molecular weight excluding hydrogens is 333 g/mol. The number of hydrogen-bond donors (Lipinski definition) is 2. The number of nitrogens with zero attached hydrogens (tertiary/aromatic N) is 1. The average Bonchev–Trinajstić information content (AvgIpc) is 2.79. The molecule has 23 heavy (non-hydrogen) atoms. The summed E-state index contributed by atoms with van der Waals surface area (Å²) >= 11 is 0. The Morgan fingerprint density at radius 3 is 2.39 bits per heavy atom. The van der Waals surface area contributed by atoms with Crippen molar-refractivity contribution in [3.8, 4) is 0 Å². The number of anilines is 1. The Balaban J connectivity index is 0.00000242. The van der Waals surface area contributed by atoms with Gasteiger partial charge in [0.15, 0.2) is 0 Å². The van der Waals surface area contributed by atoms with Gasteiger partial charge in [0.05, 0.1) is 5.92 Å². The highest BCUT2D eigenvalue weighted by Gasteiger charge is 2.17. The fraction of sp³-hybridized carbons (Fsp3) is 0.471. The van der Waals surface area contributed by atoms with Crippen molar-refractivity contribution >= 4 is 47.3 Å². The van der Waals surface area contributed by atoms with Crippen LogP contribution in [-0.4, -0.2) is 16.5 Å². The molecule has 0 aliphatic heterocycles. The third-order valence-corrected chi connectivity index (χ3v) is 3.80. The summed E-state index contributed by atoms with van der Waals surface area (Å²) < 4.78 is 2.25. The Bertz CT molecular complexity index is 638. The molecule has 0 radical (unpaired) electrons. The fourth-order valence-electron chi connectivity index (χ4n) is 2.33. The number of hydrogen-bond acceptors (Lipinski definition) is 2. The third kappa shape index (κ3) is 5.41. The van der Waals surface area contributed by atoms with Gasteiger partial charge in [-0.15, -0.1) is 24.8 Å². The standard InChI is InChI=1S/C17H25N3O.2ClH/c1-11(2)10-20-8-7-14-9-15(5-6-16(14)20)19-17(21)12(3)13(4)18;;/h5-9,11-13H,10,18H2,1-4H3,(H,19,21);2*1H. The van der Waals surface area contributed by atoms with Gasteiger partial charge >= 0.3 is 0 Å². The van der Waals surface area contributed by atoms with E-state index in [0.717, 1.165) is 17.6 Å². The largest absolute Gasteiger partial charge is 0.347 e. The molecule has 130 valence electrons. The number of fused-ring (bicyclic) bond motifs is 1. The Labute approximate surface area is 150 Å². The molecule has 1 aromatic heterocycles. The molecule has 0 spiro atoms. The Hall–Kier alpha value is -1.23. The summed E-state index contributed by atoms with van der Waals surface area (Å²) in [5.41, 5.74) is 7.78. The Kier molecular flexibility index (Phi) is 8.67. The molecule has 2 aromatic rings. The minimum atomic E-state index is -0.203. The number of aromatic nitrogens is 1. The monoisotopic (exact) mass is 359 g/mol. The van der Waals surface area contributed by atoms with Crippen LogP contribution in [0.15, 0.2) is 30.5 Å². The molecule has 2 atom stereocenters. The summed E-state index contributed by atoms with van der Waals surface area (Å²) in [6.45, 7) is 9.10. The van der Waals surface area contributed by atoms with Gasteiger partial charge in [0, 0.05) is 35.4 Å². The van der Waals surface area contributed by atoms with Crippen molar-refractivity contribution in [3.05, 3.63) is 30.5 Å². The van der Waals surface area contributed by atoms with E-state index in [9.17, 15) is 4.79 Å². The Morgan fingerprint density at radius 2 is 1.83 bits per heavy atom. The second kappa shape index (κ2) is 9.16. The van der Waals surface area contributed by atoms with Crippen LogP contribution in [-0.2, 0) is 11.3 Å². The van der Waals surface area contributed by atoms with E-state index in [1.807, 2.05) is 26.0 Å². The average molecular weight is 360 g/mol. The second-order valence-corrected chi connectivity index (χ2v) is 6.27. The molecule has 0 saturated carbocycles. The maximum Gasteiger partial charge on any atom is 0.228 e. The molecule has 0 aliphatic carbocycles. The van der Waals surface area contributed by atoms with Crippen LogP contribution >= 0.6 is 24.8 Å². The number of rotatable bonds is 5. The highest BCUT2D eigenvalue weighted by molar-refractivity contribution is 5.95. The summed E-state index contributed by atoms with van der Waals surface area (Å²) in [6, 6.07) is 7.95. The minimum Gasteiger partial charge on any atom is -0.347 e. The first kappa shape index (κ1) is 21.8. The molecule has 6 heteroatoms. The molecule has 4 nitrogen and oxygen atoms in total. The summed E-state index contributed by atoms with van der Waals surface area (Å²) in [5, 5.41) is 4.08. The van der Waals surface area contributed by atoms with Crippen molar-refractivity contribution in [2.24, 2.45) is 17.6 Å². The molecule has 2 rings (SSSR count). The molecule has 1 amide bonds. The number of amides is 1. The predicted molar refractivity (Wildman–Crippen MR) is 103 cm³/mol. The van der Waals surface area contributed by atoms with E-state index in [-0.39, 0.29) is 42.7 Å². The molecule has 0 saturated heterocycles. The van der Waals surface area contributed by atoms with Crippen molar-refractivity contribution in [2.45, 2.75) is 40.3 Å². The van der Waals surface area contributed by atoms with Gasteiger partial charge in [0.2, 0.25) is 5.91 Å². The molecular formula is C17H27Cl2N3O. The maximum atomic E-state index is 12.0. The quantitative estimate of drug-likeness (QED) is 0.845. The summed E-state index contributed by atoms with van der Waals surface area (Å²) in [5.74, 6) is 0.365. The molecule has 1 heterocycles. The predicted octanol–water partition coefficient (Wildman–Crippen LogP) is 4.06. The lowest BCUT2D eigenvalue weighted by Gasteiger charge is -2.15. The van der Waals surface area contributed by atoms with Crippen molar-refractivity contribution in [1.82, 2.24) is 4.57 Å². The van der Waals surface area contributed by atoms with Crippen molar-refractivity contribution in [2.75, 3.05) is 5.32 Å². The van der Waals surface area contributed by atoms with E-state index in [2.05, 4.69) is 42.1 Å². The van der Waals surface area contributed by atoms with E-state index in [4.69, 9.17) is 5.73 Å². The smallest absolute Gasteiger partial charge is 0.228 e. The Morgan fingerprint density at radius 1 is 1.17 bits per heavy atom. The van der Waals surface area contributed by atoms with Crippen molar-refractivity contribution < 1.29 is 4.79 Å². The molecule has 3 N–H and O–H groups in total. The lowest BCUT2D eigenvalue weighted by molar-refractivity contribution is -0.119. The SMILES string of the molecule is CC(C)Cn1ccc2cc(NC(=O)C(C)C(C)N)ccc21.Cl.Cl. The first-order valence-corrected chi connectivity index (χ1v) is 7.54. The fourth-order valence-corrected chi connectivity index (χ4v) is 2.33. The first-order chi connectivity index (χ1) is 9.88. The highest BCUT2D eigenvalue weighted by Crippen LogP contribution is 2.22. The molecule has 0 aliphatic rings. The molecule has 0 fully saturated rings. The van der Waals surface area contributed by atoms with Gasteiger partial charge < -0.3 is 15.6 Å². The zero-order valence-electron chi connectivity index (χ0n) is 14.1. The zero-order chi connectivity index (χ0) is 15.6. The van der Waals surface area contributed by atoms with Crippen LogP contribution in [0.3, 0.4) is 0 Å². The first-order valence-electron chi connectivity index (χ1n) is 7.54. The van der Waals surface area contributed by atoms with Crippen molar-refractivity contribution in [1.29, 1.82) is 0 Å². The number of nitrogens with two attached hydrogens (primary N) is 1. The minimum absolute atomic E-state index is 0. The molecule has 0 bridgehead atoms. The van der Waals surface area contributed by atoms with Crippen LogP contribution < -0.4 is 11.1 Å². The van der Waals surface area contributed by atoms with Gasteiger partial charge in [-0.1, -0.05) is 20.8 Å². The second-order valence-electron chi connectivity index (χ2n) is 6.27. The normalized spacial score (nSPS) is 13.1. The number of benzene rings is 1. The van der Waals surface area contributed by atoms with Gasteiger partial charge in [-0.25, -0.2) is 0 Å². The van der Waals surface area contributed by atoms with Gasteiger partial charge in [0.1, 0.15) is 0 Å². The number of nitrogens with one attached hydrogen (secondary N) is 1. The van der Waals surface area contributed by atoms with E-state index >= 15 is 0 Å². The number of carbonyl (C=O) groups is 1. The number of halogens is 2. The zero-order valence-corrected chi connectivity index (χ0v) is 15.7. The maximum absolute atomic E-state index is 12.0. The van der Waals surface area contributed by atoms with Gasteiger partial charge in [-0.3, -0.25) is 4.79 Å². The van der Waals surface area contributed by atoms with Crippen LogP contribution in [0.25, 0.3) is 10.9 Å². The van der Waals surface area contributed by atoms with Gasteiger partial charge in [-0.05, 0) is 37.1 Å². The molecule has 1 aromatic carbocycles. The van der Waals surface area contributed by atoms with Crippen LogP contribution in [0.5, 0.6) is 0 Å². The van der Waals surface area contributed by atoms with E-state index in [1.54, 1.807) is 0 Å². The summed E-state index contributed by atoms with van der Waals surface area (Å²) in [4.78, 5) is 12.0. The molecule has 2 unspecified atom stereocenters. The topological polar surface area (TPSA) is 60.0 Å². The van der Waals surface area contributed by atoms with Gasteiger partial charge in [0.25, 0.3) is 0 Å². The summed E-state index contributed by atoms with van der Waals surface area (Å²) in [7, 11) is 0. The lowest BCUT2D eigenvalue weighted by atomic mass is 10.0. The van der Waals surface area contributed by atoms with Crippen LogP contribution in [0.1, 0.15) is 27.7 Å². The van der Waals surface area contributed by atoms with Crippen LogP contribution in [0.2, 0.25) is 0 Å².